The summed E-state index contributed by atoms with van der Waals surface area (Å²) in [5.74, 6) is 6.16. The second kappa shape index (κ2) is 7.48. The molecule has 2 heterocycles. The lowest BCUT2D eigenvalue weighted by Gasteiger charge is -2.33. The third-order valence-corrected chi connectivity index (χ3v) is 6.54. The highest BCUT2D eigenvalue weighted by molar-refractivity contribution is 7.09. The predicted octanol–water partition coefficient (Wildman–Crippen LogP) is 3.62. The monoisotopic (exact) mass is 369 g/mol. The molecule has 1 aliphatic carbocycles. The molecular weight excluding hydrogens is 345 g/mol. The summed E-state index contributed by atoms with van der Waals surface area (Å²) in [6.45, 7) is 4.02. The SMILES string of the molecule is CN(Cc1nccs1)C1CC12CCN(CC#Cc1ccc(F)cc1)CC2. The molecule has 1 aromatic heterocycles. The first kappa shape index (κ1) is 17.7. The van der Waals surface area contributed by atoms with Gasteiger partial charge in [-0.3, -0.25) is 9.80 Å². The van der Waals surface area contributed by atoms with E-state index < -0.39 is 0 Å². The van der Waals surface area contributed by atoms with Crippen molar-refractivity contribution in [2.24, 2.45) is 5.41 Å². The van der Waals surface area contributed by atoms with Crippen LogP contribution < -0.4 is 0 Å². The fraction of sp³-hybridized carbons (Fsp3) is 0.476. The van der Waals surface area contributed by atoms with Gasteiger partial charge in [-0.2, -0.15) is 0 Å². The van der Waals surface area contributed by atoms with E-state index in [9.17, 15) is 4.39 Å². The van der Waals surface area contributed by atoms with Gasteiger partial charge in [-0.05, 0) is 69.1 Å². The molecule has 1 saturated heterocycles. The van der Waals surface area contributed by atoms with Crippen LogP contribution in [0.2, 0.25) is 0 Å². The molecule has 4 rings (SSSR count). The van der Waals surface area contributed by atoms with Crippen molar-refractivity contribution in [3.63, 3.8) is 0 Å². The van der Waals surface area contributed by atoms with Crippen molar-refractivity contribution in [1.82, 2.24) is 14.8 Å². The number of aromatic nitrogens is 1. The molecule has 1 aliphatic heterocycles. The van der Waals surface area contributed by atoms with Gasteiger partial charge in [0.25, 0.3) is 0 Å². The summed E-state index contributed by atoms with van der Waals surface area (Å²) in [5.41, 5.74) is 1.40. The van der Waals surface area contributed by atoms with Crippen LogP contribution in [0.4, 0.5) is 4.39 Å². The first-order valence-corrected chi connectivity index (χ1v) is 10.1. The normalized spacial score (nSPS) is 21.6. The molecule has 1 saturated carbocycles. The van der Waals surface area contributed by atoms with Gasteiger partial charge in [-0.25, -0.2) is 9.37 Å². The zero-order valence-electron chi connectivity index (χ0n) is 15.1. The molecule has 3 nitrogen and oxygen atoms in total. The zero-order valence-corrected chi connectivity index (χ0v) is 15.9. The zero-order chi connectivity index (χ0) is 18.0. The third-order valence-electron chi connectivity index (χ3n) is 5.78. The number of benzene rings is 1. The smallest absolute Gasteiger partial charge is 0.123 e. The molecule has 0 radical (unpaired) electrons. The highest BCUT2D eigenvalue weighted by atomic mass is 32.1. The van der Waals surface area contributed by atoms with E-state index in [1.807, 2.05) is 6.20 Å². The largest absolute Gasteiger partial charge is 0.296 e. The number of halogens is 1. The minimum absolute atomic E-state index is 0.212. The van der Waals surface area contributed by atoms with Crippen molar-refractivity contribution in [2.75, 3.05) is 26.7 Å². The van der Waals surface area contributed by atoms with Gasteiger partial charge in [0.2, 0.25) is 0 Å². The number of nitrogens with zero attached hydrogens (tertiary/aromatic N) is 3. The van der Waals surface area contributed by atoms with Gasteiger partial charge in [-0.15, -0.1) is 11.3 Å². The van der Waals surface area contributed by atoms with Gasteiger partial charge in [-0.1, -0.05) is 11.8 Å². The summed E-state index contributed by atoms with van der Waals surface area (Å²) >= 11 is 1.74. The maximum absolute atomic E-state index is 12.9. The molecule has 2 fully saturated rings. The second-order valence-corrected chi connectivity index (χ2v) is 8.49. The number of thiazole rings is 1. The molecule has 5 heteroatoms. The number of likely N-dealkylation sites (tertiary alicyclic amines) is 1. The van der Waals surface area contributed by atoms with Crippen LogP contribution in [0.25, 0.3) is 0 Å². The molecular formula is C21H24FN3S. The number of rotatable bonds is 4. The molecule has 136 valence electrons. The molecule has 1 spiro atoms. The minimum atomic E-state index is -0.212. The number of hydrogen-bond acceptors (Lipinski definition) is 4. The van der Waals surface area contributed by atoms with E-state index in [1.165, 1.54) is 36.4 Å². The Morgan fingerprint density at radius 2 is 2.08 bits per heavy atom. The van der Waals surface area contributed by atoms with Gasteiger partial charge in [0.1, 0.15) is 10.8 Å². The molecule has 26 heavy (non-hydrogen) atoms. The highest BCUT2D eigenvalue weighted by Gasteiger charge is 2.56. The fourth-order valence-electron chi connectivity index (χ4n) is 4.08. The van der Waals surface area contributed by atoms with Crippen molar-refractivity contribution >= 4 is 11.3 Å². The summed E-state index contributed by atoms with van der Waals surface area (Å²) in [7, 11) is 2.24. The lowest BCUT2D eigenvalue weighted by molar-refractivity contribution is 0.157. The van der Waals surface area contributed by atoms with E-state index in [0.717, 1.165) is 31.7 Å². The van der Waals surface area contributed by atoms with Crippen molar-refractivity contribution in [3.8, 4) is 11.8 Å². The number of piperidine rings is 1. The molecule has 0 bridgehead atoms. The first-order valence-electron chi connectivity index (χ1n) is 9.20. The van der Waals surface area contributed by atoms with Crippen LogP contribution >= 0.6 is 11.3 Å². The van der Waals surface area contributed by atoms with Crippen molar-refractivity contribution in [3.05, 3.63) is 52.2 Å². The van der Waals surface area contributed by atoms with Crippen LogP contribution in [0, 0.1) is 23.1 Å². The average molecular weight is 370 g/mol. The van der Waals surface area contributed by atoms with Crippen LogP contribution in [-0.4, -0.2) is 47.5 Å². The van der Waals surface area contributed by atoms with Crippen molar-refractivity contribution in [1.29, 1.82) is 0 Å². The summed E-state index contributed by atoms with van der Waals surface area (Å²) in [6.07, 6.45) is 5.74. The fourth-order valence-corrected chi connectivity index (χ4v) is 4.76. The van der Waals surface area contributed by atoms with Crippen LogP contribution in [0.5, 0.6) is 0 Å². The summed E-state index contributed by atoms with van der Waals surface area (Å²) in [5, 5.41) is 3.26. The Morgan fingerprint density at radius 3 is 2.77 bits per heavy atom. The van der Waals surface area contributed by atoms with Crippen LogP contribution in [0.15, 0.2) is 35.8 Å². The van der Waals surface area contributed by atoms with Gasteiger partial charge in [0.15, 0.2) is 0 Å². The first-order chi connectivity index (χ1) is 12.6. The summed E-state index contributed by atoms with van der Waals surface area (Å²) < 4.78 is 12.9. The van der Waals surface area contributed by atoms with Crippen LogP contribution in [0.1, 0.15) is 29.8 Å². The molecule has 1 atom stereocenters. The van der Waals surface area contributed by atoms with E-state index >= 15 is 0 Å². The topological polar surface area (TPSA) is 19.4 Å². The summed E-state index contributed by atoms with van der Waals surface area (Å²) in [6, 6.07) is 7.11. The molecule has 1 unspecified atom stereocenters. The average Bonchev–Trinajstić information content (AvgIpc) is 3.09. The Bertz CT molecular complexity index is 783. The molecule has 1 aromatic carbocycles. The van der Waals surface area contributed by atoms with Crippen molar-refractivity contribution < 1.29 is 4.39 Å². The van der Waals surface area contributed by atoms with E-state index in [-0.39, 0.29) is 5.82 Å². The lowest BCUT2D eigenvalue weighted by atomic mass is 9.92. The molecule has 0 N–H and O–H groups in total. The number of hydrogen-bond donors (Lipinski definition) is 0. The van der Waals surface area contributed by atoms with Crippen LogP contribution in [0.3, 0.4) is 0 Å². The van der Waals surface area contributed by atoms with E-state index in [1.54, 1.807) is 23.5 Å². The Morgan fingerprint density at radius 1 is 1.31 bits per heavy atom. The van der Waals surface area contributed by atoms with Gasteiger partial charge >= 0.3 is 0 Å². The van der Waals surface area contributed by atoms with Crippen LogP contribution in [-0.2, 0) is 6.54 Å². The Labute approximate surface area is 158 Å². The molecule has 0 amide bonds. The standard InChI is InChI=1S/C21H24FN3S/c1-24(16-20-23-10-14-26-20)19-15-21(19)8-12-25(13-9-21)11-2-3-17-4-6-18(22)7-5-17/h4-7,10,14,19H,8-9,11-13,15-16H2,1H3. The summed E-state index contributed by atoms with van der Waals surface area (Å²) in [4.78, 5) is 9.34. The minimum Gasteiger partial charge on any atom is -0.296 e. The molecule has 2 aromatic rings. The Hall–Kier alpha value is -1.74. The predicted molar refractivity (Wildman–Crippen MR) is 103 cm³/mol. The lowest BCUT2D eigenvalue weighted by Crippen LogP contribution is -2.38. The van der Waals surface area contributed by atoms with Gasteiger partial charge in [0, 0.05) is 23.2 Å². The maximum atomic E-state index is 12.9. The van der Waals surface area contributed by atoms with E-state index in [0.29, 0.717) is 11.5 Å². The van der Waals surface area contributed by atoms with Gasteiger partial charge < -0.3 is 0 Å². The third kappa shape index (κ3) is 3.98. The molecule has 2 aliphatic rings. The second-order valence-electron chi connectivity index (χ2n) is 7.51. The quantitative estimate of drug-likeness (QED) is 0.768. The van der Waals surface area contributed by atoms with E-state index in [2.05, 4.69) is 39.1 Å². The van der Waals surface area contributed by atoms with Gasteiger partial charge in [0.05, 0.1) is 13.1 Å². The highest BCUT2D eigenvalue weighted by Crippen LogP contribution is 2.56. The Balaban J connectivity index is 1.24. The maximum Gasteiger partial charge on any atom is 0.123 e. The Kier molecular flexibility index (Phi) is 5.08. The van der Waals surface area contributed by atoms with Crippen molar-refractivity contribution in [2.45, 2.75) is 31.8 Å². The van der Waals surface area contributed by atoms with E-state index in [4.69, 9.17) is 0 Å².